The number of hydrogen-bond acceptors (Lipinski definition) is 2. The molecule has 0 bridgehead atoms. The molecule has 1 aliphatic rings. The molecule has 22 heavy (non-hydrogen) atoms. The molecular formula is C19H29BO2. The third-order valence-electron chi connectivity index (χ3n) is 4.80. The summed E-state index contributed by atoms with van der Waals surface area (Å²) in [5.41, 5.74) is 2.34. The quantitative estimate of drug-likeness (QED) is 0.541. The molecule has 0 spiro atoms. The Hall–Kier alpha value is -1.06. The molecule has 0 radical (unpaired) electrons. The largest absolute Gasteiger partial charge is 0.462 e. The summed E-state index contributed by atoms with van der Waals surface area (Å²) in [6.45, 7) is 10.6. The van der Waals surface area contributed by atoms with Crippen LogP contribution in [0.25, 0.3) is 0 Å². The van der Waals surface area contributed by atoms with Gasteiger partial charge in [0, 0.05) is 6.32 Å². The summed E-state index contributed by atoms with van der Waals surface area (Å²) in [7, 11) is -0.126. The fourth-order valence-electron chi connectivity index (χ4n) is 2.79. The molecule has 1 heterocycles. The van der Waals surface area contributed by atoms with Crippen LogP contribution in [0.4, 0.5) is 0 Å². The maximum atomic E-state index is 6.13. The van der Waals surface area contributed by atoms with E-state index in [9.17, 15) is 0 Å². The molecule has 2 nitrogen and oxygen atoms in total. The van der Waals surface area contributed by atoms with Crippen LogP contribution in [0, 0.1) is 0 Å². The summed E-state index contributed by atoms with van der Waals surface area (Å²) < 4.78 is 12.3. The lowest BCUT2D eigenvalue weighted by Gasteiger charge is -2.32. The topological polar surface area (TPSA) is 18.5 Å². The zero-order valence-corrected chi connectivity index (χ0v) is 14.7. The molecule has 0 aromatic heterocycles. The Morgan fingerprint density at radius 2 is 1.64 bits per heavy atom. The third-order valence-corrected chi connectivity index (χ3v) is 4.80. The molecule has 2 rings (SSSR count). The van der Waals surface area contributed by atoms with Crippen LogP contribution in [0.5, 0.6) is 0 Å². The molecule has 120 valence electrons. The van der Waals surface area contributed by atoms with Gasteiger partial charge < -0.3 is 9.31 Å². The Kier molecular flexibility index (Phi) is 5.52. The highest BCUT2D eigenvalue weighted by atomic mass is 16.7. The van der Waals surface area contributed by atoms with E-state index in [4.69, 9.17) is 9.31 Å². The number of benzene rings is 1. The lowest BCUT2D eigenvalue weighted by Crippen LogP contribution is -2.41. The number of rotatable bonds is 6. The second kappa shape index (κ2) is 7.01. The second-order valence-electron chi connectivity index (χ2n) is 7.15. The van der Waals surface area contributed by atoms with Crippen molar-refractivity contribution in [2.45, 2.75) is 71.4 Å². The molecule has 1 aromatic carbocycles. The van der Waals surface area contributed by atoms with E-state index in [1.165, 1.54) is 11.1 Å². The van der Waals surface area contributed by atoms with E-state index in [-0.39, 0.29) is 18.3 Å². The van der Waals surface area contributed by atoms with Crippen molar-refractivity contribution in [2.75, 3.05) is 0 Å². The smallest absolute Gasteiger partial charge is 0.403 e. The lowest BCUT2D eigenvalue weighted by atomic mass is 9.78. The van der Waals surface area contributed by atoms with Gasteiger partial charge in [-0.1, -0.05) is 48.9 Å². The number of aryl methyl sites for hydroxylation is 1. The van der Waals surface area contributed by atoms with Gasteiger partial charge in [-0.15, -0.1) is 0 Å². The summed E-state index contributed by atoms with van der Waals surface area (Å²) in [5.74, 6) is 0. The molecule has 1 aliphatic heterocycles. The SMILES string of the molecule is CC/C=C(/CCc1ccccc1)CB1OC(C)(C)C(C)(C)O1. The average Bonchev–Trinajstić information content (AvgIpc) is 2.65. The summed E-state index contributed by atoms with van der Waals surface area (Å²) in [5, 5.41) is 0. The molecular weight excluding hydrogens is 271 g/mol. The van der Waals surface area contributed by atoms with Gasteiger partial charge in [0.2, 0.25) is 0 Å². The van der Waals surface area contributed by atoms with Crippen LogP contribution < -0.4 is 0 Å². The molecule has 1 aromatic rings. The summed E-state index contributed by atoms with van der Waals surface area (Å²) in [4.78, 5) is 0. The molecule has 0 N–H and O–H groups in total. The van der Waals surface area contributed by atoms with Gasteiger partial charge in [0.25, 0.3) is 0 Å². The molecule has 0 saturated carbocycles. The average molecular weight is 300 g/mol. The molecule has 1 fully saturated rings. The highest BCUT2D eigenvalue weighted by Gasteiger charge is 2.50. The maximum Gasteiger partial charge on any atom is 0.462 e. The van der Waals surface area contributed by atoms with Crippen molar-refractivity contribution in [3.05, 3.63) is 47.5 Å². The number of allylic oxidation sites excluding steroid dienone is 2. The summed E-state index contributed by atoms with van der Waals surface area (Å²) in [6, 6.07) is 10.7. The first-order chi connectivity index (χ1) is 10.3. The minimum Gasteiger partial charge on any atom is -0.403 e. The van der Waals surface area contributed by atoms with E-state index in [2.05, 4.69) is 71.0 Å². The van der Waals surface area contributed by atoms with E-state index in [1.54, 1.807) is 0 Å². The van der Waals surface area contributed by atoms with Crippen molar-refractivity contribution in [1.29, 1.82) is 0 Å². The van der Waals surface area contributed by atoms with Gasteiger partial charge in [0.15, 0.2) is 0 Å². The normalized spacial score (nSPS) is 20.4. The van der Waals surface area contributed by atoms with Crippen LogP contribution in [0.2, 0.25) is 6.32 Å². The molecule has 0 atom stereocenters. The highest BCUT2D eigenvalue weighted by Crippen LogP contribution is 2.38. The van der Waals surface area contributed by atoms with Gasteiger partial charge in [-0.3, -0.25) is 0 Å². The van der Waals surface area contributed by atoms with Gasteiger partial charge in [0.1, 0.15) is 0 Å². The van der Waals surface area contributed by atoms with Gasteiger partial charge in [-0.25, -0.2) is 0 Å². The van der Waals surface area contributed by atoms with Gasteiger partial charge in [0.05, 0.1) is 11.2 Å². The monoisotopic (exact) mass is 300 g/mol. The Labute approximate surface area is 136 Å². The van der Waals surface area contributed by atoms with Crippen LogP contribution in [-0.2, 0) is 15.7 Å². The van der Waals surface area contributed by atoms with Crippen molar-refractivity contribution in [1.82, 2.24) is 0 Å². The number of hydrogen-bond donors (Lipinski definition) is 0. The van der Waals surface area contributed by atoms with Crippen molar-refractivity contribution >= 4 is 7.12 Å². The summed E-state index contributed by atoms with van der Waals surface area (Å²) >= 11 is 0. The first-order valence-electron chi connectivity index (χ1n) is 8.41. The Morgan fingerprint density at radius 3 is 2.18 bits per heavy atom. The Balaban J connectivity index is 1.94. The minimum absolute atomic E-state index is 0.126. The fourth-order valence-corrected chi connectivity index (χ4v) is 2.79. The molecule has 3 heteroatoms. The van der Waals surface area contributed by atoms with Crippen LogP contribution in [-0.4, -0.2) is 18.3 Å². The first kappa shape index (κ1) is 17.3. The van der Waals surface area contributed by atoms with E-state index in [0.717, 1.165) is 25.6 Å². The van der Waals surface area contributed by atoms with Crippen molar-refractivity contribution in [2.24, 2.45) is 0 Å². The maximum absolute atomic E-state index is 6.13. The van der Waals surface area contributed by atoms with E-state index >= 15 is 0 Å². The first-order valence-corrected chi connectivity index (χ1v) is 8.41. The summed E-state index contributed by atoms with van der Waals surface area (Å²) in [6.07, 6.45) is 6.40. The van der Waals surface area contributed by atoms with Gasteiger partial charge >= 0.3 is 7.12 Å². The third kappa shape index (κ3) is 4.24. The molecule has 1 saturated heterocycles. The van der Waals surface area contributed by atoms with Crippen LogP contribution >= 0.6 is 0 Å². The Morgan fingerprint density at radius 1 is 1.05 bits per heavy atom. The predicted octanol–water partition coefficient (Wildman–Crippen LogP) is 5.05. The molecule has 0 aliphatic carbocycles. The molecule has 0 unspecified atom stereocenters. The zero-order valence-electron chi connectivity index (χ0n) is 14.7. The van der Waals surface area contributed by atoms with Crippen molar-refractivity contribution < 1.29 is 9.31 Å². The van der Waals surface area contributed by atoms with Crippen LogP contribution in [0.1, 0.15) is 53.0 Å². The van der Waals surface area contributed by atoms with Crippen LogP contribution in [0.15, 0.2) is 42.0 Å². The fraction of sp³-hybridized carbons (Fsp3) is 0.579. The predicted molar refractivity (Wildman–Crippen MR) is 94.0 cm³/mol. The van der Waals surface area contributed by atoms with E-state index < -0.39 is 0 Å². The van der Waals surface area contributed by atoms with E-state index in [1.807, 2.05) is 0 Å². The zero-order chi connectivity index (χ0) is 16.2. The van der Waals surface area contributed by atoms with Crippen LogP contribution in [0.3, 0.4) is 0 Å². The second-order valence-corrected chi connectivity index (χ2v) is 7.15. The van der Waals surface area contributed by atoms with Crippen molar-refractivity contribution in [3.63, 3.8) is 0 Å². The van der Waals surface area contributed by atoms with Crippen molar-refractivity contribution in [3.8, 4) is 0 Å². The molecule has 0 amide bonds. The van der Waals surface area contributed by atoms with Gasteiger partial charge in [-0.05, 0) is 52.5 Å². The van der Waals surface area contributed by atoms with E-state index in [0.29, 0.717) is 0 Å². The standard InChI is InChI=1S/C19H29BO2/c1-6-10-17(14-13-16-11-8-7-9-12-16)15-20-21-18(2,3)19(4,5)22-20/h7-12H,6,13-15H2,1-5H3/b17-10-. The van der Waals surface area contributed by atoms with Gasteiger partial charge in [-0.2, -0.15) is 0 Å². The lowest BCUT2D eigenvalue weighted by molar-refractivity contribution is 0.00578. The minimum atomic E-state index is -0.242. The Bertz CT molecular complexity index is 489. The highest BCUT2D eigenvalue weighted by molar-refractivity contribution is 6.46.